The van der Waals surface area contributed by atoms with Gasteiger partial charge in [0.25, 0.3) is 0 Å². The number of nitrogens with one attached hydrogen (secondary N) is 1. The number of hydrogen-bond donors (Lipinski definition) is 2. The molecule has 0 atom stereocenters. The first-order valence-corrected chi connectivity index (χ1v) is 9.57. The van der Waals surface area contributed by atoms with Crippen LogP contribution in [-0.2, 0) is 16.6 Å². The third-order valence-electron chi connectivity index (χ3n) is 4.16. The molecule has 4 rings (SSSR count). The Balaban J connectivity index is 1.60. The fourth-order valence-electron chi connectivity index (χ4n) is 2.83. The van der Waals surface area contributed by atoms with E-state index in [1.54, 1.807) is 18.5 Å². The number of carbonyl (C=O) groups excluding carboxylic acids is 1. The van der Waals surface area contributed by atoms with E-state index < -0.39 is 24.1 Å². The fraction of sp³-hybridized carbons (Fsp3) is 0.100. The van der Waals surface area contributed by atoms with Gasteiger partial charge in [-0.1, -0.05) is 0 Å². The Morgan fingerprint density at radius 2 is 2.03 bits per heavy atom. The number of fused-ring (bicyclic) bond motifs is 1. The lowest BCUT2D eigenvalue weighted by atomic mass is 10.2. The van der Waals surface area contributed by atoms with Gasteiger partial charge in [-0.2, -0.15) is 0 Å². The predicted octanol–water partition coefficient (Wildman–Crippen LogP) is 4.04. The molecule has 0 spiro atoms. The number of carboxylic acids is 1. The highest BCUT2D eigenvalue weighted by Crippen LogP contribution is 2.39. The zero-order valence-electron chi connectivity index (χ0n) is 15.6. The summed E-state index contributed by atoms with van der Waals surface area (Å²) in [5.74, 6) is -1.52. The van der Waals surface area contributed by atoms with E-state index in [1.165, 1.54) is 23.5 Å². The normalized spacial score (nSPS) is 10.9. The van der Waals surface area contributed by atoms with E-state index in [2.05, 4.69) is 15.3 Å². The van der Waals surface area contributed by atoms with Crippen LogP contribution in [0.2, 0.25) is 0 Å². The average molecular weight is 426 g/mol. The van der Waals surface area contributed by atoms with Gasteiger partial charge in [-0.05, 0) is 18.2 Å². The second kappa shape index (κ2) is 7.91. The van der Waals surface area contributed by atoms with Crippen molar-refractivity contribution in [2.45, 2.75) is 6.42 Å². The average Bonchev–Trinajstić information content (AvgIpc) is 3.29. The Kier molecular flexibility index (Phi) is 5.15. The van der Waals surface area contributed by atoms with E-state index in [9.17, 15) is 14.0 Å². The van der Waals surface area contributed by atoms with Crippen molar-refractivity contribution >= 4 is 39.1 Å². The first kappa shape index (κ1) is 19.5. The maximum absolute atomic E-state index is 14.5. The highest BCUT2D eigenvalue weighted by atomic mass is 32.1. The lowest BCUT2D eigenvalue weighted by molar-refractivity contribution is -0.139. The van der Waals surface area contributed by atoms with Crippen LogP contribution in [0.5, 0.6) is 11.5 Å². The standard InChI is InChI=1S/C20H15FN4O4S/c1-25-7-6-23-20(25)16-9-13-19(30-16)15(4-5-22-13)29-14-3-2-11(8-12(14)21)24-17(26)10-18(27)28/h2-9H,10H2,1H3,(H,24,26)(H,27,28). The Morgan fingerprint density at radius 3 is 2.73 bits per heavy atom. The second-order valence-corrected chi connectivity index (χ2v) is 7.41. The number of pyridine rings is 1. The Morgan fingerprint density at radius 1 is 1.20 bits per heavy atom. The molecule has 152 valence electrons. The number of aliphatic carboxylic acids is 1. The number of amides is 1. The van der Waals surface area contributed by atoms with Crippen molar-refractivity contribution in [3.63, 3.8) is 0 Å². The van der Waals surface area contributed by atoms with Crippen LogP contribution < -0.4 is 10.1 Å². The van der Waals surface area contributed by atoms with Crippen molar-refractivity contribution in [3.05, 3.63) is 54.7 Å². The minimum absolute atomic E-state index is 0.0364. The van der Waals surface area contributed by atoms with E-state index in [-0.39, 0.29) is 11.4 Å². The number of halogens is 1. The molecule has 0 aliphatic heterocycles. The quantitative estimate of drug-likeness (QED) is 0.451. The van der Waals surface area contributed by atoms with Gasteiger partial charge in [0.1, 0.15) is 18.0 Å². The van der Waals surface area contributed by atoms with E-state index >= 15 is 0 Å². The minimum Gasteiger partial charge on any atom is -0.481 e. The number of carbonyl (C=O) groups is 2. The van der Waals surface area contributed by atoms with Crippen molar-refractivity contribution in [3.8, 4) is 22.2 Å². The largest absolute Gasteiger partial charge is 0.481 e. The number of aromatic nitrogens is 3. The summed E-state index contributed by atoms with van der Waals surface area (Å²) >= 11 is 1.43. The zero-order valence-corrected chi connectivity index (χ0v) is 16.4. The van der Waals surface area contributed by atoms with Crippen molar-refractivity contribution < 1.29 is 23.8 Å². The number of rotatable bonds is 6. The molecule has 0 saturated heterocycles. The number of imidazole rings is 1. The number of benzene rings is 1. The number of anilines is 1. The van der Waals surface area contributed by atoms with Crippen LogP contribution in [0.4, 0.5) is 10.1 Å². The lowest BCUT2D eigenvalue weighted by Gasteiger charge is -2.09. The molecule has 0 radical (unpaired) electrons. The van der Waals surface area contributed by atoms with Crippen LogP contribution in [0.1, 0.15) is 6.42 Å². The van der Waals surface area contributed by atoms with Gasteiger partial charge < -0.3 is 19.7 Å². The van der Waals surface area contributed by atoms with Crippen LogP contribution in [0.25, 0.3) is 20.9 Å². The molecule has 0 aliphatic rings. The molecule has 0 unspecified atom stereocenters. The molecule has 0 aliphatic carbocycles. The van der Waals surface area contributed by atoms with Crippen LogP contribution >= 0.6 is 11.3 Å². The number of ether oxygens (including phenoxy) is 1. The predicted molar refractivity (Wildman–Crippen MR) is 109 cm³/mol. The van der Waals surface area contributed by atoms with Crippen molar-refractivity contribution in [2.24, 2.45) is 7.05 Å². The molecule has 1 amide bonds. The molecule has 4 aromatic rings. The van der Waals surface area contributed by atoms with Gasteiger partial charge in [-0.25, -0.2) is 9.37 Å². The highest BCUT2D eigenvalue weighted by Gasteiger charge is 2.15. The van der Waals surface area contributed by atoms with E-state index in [1.807, 2.05) is 23.9 Å². The second-order valence-electron chi connectivity index (χ2n) is 6.36. The molecule has 0 fully saturated rings. The Bertz CT molecular complexity index is 1270. The molecule has 30 heavy (non-hydrogen) atoms. The molecular formula is C20H15FN4O4S. The fourth-order valence-corrected chi connectivity index (χ4v) is 3.94. The molecular weight excluding hydrogens is 411 g/mol. The monoisotopic (exact) mass is 426 g/mol. The summed E-state index contributed by atoms with van der Waals surface area (Å²) < 4.78 is 22.9. The third-order valence-corrected chi connectivity index (χ3v) is 5.30. The SMILES string of the molecule is Cn1ccnc1-c1cc2nccc(Oc3ccc(NC(=O)CC(=O)O)cc3F)c2s1. The lowest BCUT2D eigenvalue weighted by Crippen LogP contribution is -2.15. The number of hydrogen-bond acceptors (Lipinski definition) is 6. The van der Waals surface area contributed by atoms with Crippen molar-refractivity contribution in [1.82, 2.24) is 14.5 Å². The van der Waals surface area contributed by atoms with E-state index in [0.717, 1.165) is 21.5 Å². The van der Waals surface area contributed by atoms with Crippen LogP contribution in [0.3, 0.4) is 0 Å². The molecule has 2 N–H and O–H groups in total. The van der Waals surface area contributed by atoms with Gasteiger partial charge in [0, 0.05) is 43.5 Å². The molecule has 10 heteroatoms. The van der Waals surface area contributed by atoms with Crippen LogP contribution in [0.15, 0.2) is 48.9 Å². The molecule has 0 saturated carbocycles. The maximum atomic E-state index is 14.5. The van der Waals surface area contributed by atoms with Crippen LogP contribution in [0, 0.1) is 5.82 Å². The minimum atomic E-state index is -1.27. The van der Waals surface area contributed by atoms with E-state index in [0.29, 0.717) is 11.3 Å². The summed E-state index contributed by atoms with van der Waals surface area (Å²) in [6.07, 6.45) is 4.42. The summed E-state index contributed by atoms with van der Waals surface area (Å²) in [5.41, 5.74) is 0.840. The first-order chi connectivity index (χ1) is 14.4. The Labute approximate surface area is 173 Å². The number of nitrogens with zero attached hydrogens (tertiary/aromatic N) is 3. The topological polar surface area (TPSA) is 106 Å². The molecule has 3 heterocycles. The number of aryl methyl sites for hydroxylation is 1. The van der Waals surface area contributed by atoms with E-state index in [4.69, 9.17) is 9.84 Å². The molecule has 3 aromatic heterocycles. The molecule has 8 nitrogen and oxygen atoms in total. The summed E-state index contributed by atoms with van der Waals surface area (Å²) in [4.78, 5) is 31.7. The molecule has 0 bridgehead atoms. The zero-order chi connectivity index (χ0) is 21.3. The van der Waals surface area contributed by atoms with Gasteiger partial charge in [-0.15, -0.1) is 11.3 Å². The number of thiophene rings is 1. The van der Waals surface area contributed by atoms with Gasteiger partial charge in [0.2, 0.25) is 5.91 Å². The van der Waals surface area contributed by atoms with Crippen molar-refractivity contribution in [1.29, 1.82) is 0 Å². The summed E-state index contributed by atoms with van der Waals surface area (Å²) in [7, 11) is 1.89. The summed E-state index contributed by atoms with van der Waals surface area (Å²) in [6.45, 7) is 0. The van der Waals surface area contributed by atoms with Gasteiger partial charge in [-0.3, -0.25) is 14.6 Å². The first-order valence-electron chi connectivity index (χ1n) is 8.76. The smallest absolute Gasteiger partial charge is 0.312 e. The van der Waals surface area contributed by atoms with Crippen LogP contribution in [-0.4, -0.2) is 31.5 Å². The number of carboxylic acid groups (broad SMARTS) is 1. The van der Waals surface area contributed by atoms with Gasteiger partial charge in [0.05, 0.1) is 15.1 Å². The summed E-state index contributed by atoms with van der Waals surface area (Å²) in [5, 5.41) is 11.0. The molecule has 1 aromatic carbocycles. The maximum Gasteiger partial charge on any atom is 0.312 e. The van der Waals surface area contributed by atoms with Crippen molar-refractivity contribution in [2.75, 3.05) is 5.32 Å². The van der Waals surface area contributed by atoms with Gasteiger partial charge >= 0.3 is 5.97 Å². The van der Waals surface area contributed by atoms with Gasteiger partial charge in [0.15, 0.2) is 11.6 Å². The third kappa shape index (κ3) is 3.98. The Hall–Kier alpha value is -3.79. The highest BCUT2D eigenvalue weighted by molar-refractivity contribution is 7.22. The summed E-state index contributed by atoms with van der Waals surface area (Å²) in [6, 6.07) is 7.41.